The SMILES string of the molecule is COC(=O)c1ccccc1C(=O)N(Cc1cccnc1)c1nc2c(OC)cccc2s1. The van der Waals surface area contributed by atoms with E-state index in [1.165, 1.54) is 18.4 Å². The maximum absolute atomic E-state index is 13.7. The molecule has 0 radical (unpaired) electrons. The zero-order valence-corrected chi connectivity index (χ0v) is 17.8. The van der Waals surface area contributed by atoms with E-state index in [1.54, 1.807) is 48.7 Å². The molecule has 0 atom stereocenters. The lowest BCUT2D eigenvalue weighted by Gasteiger charge is -2.21. The highest BCUT2D eigenvalue weighted by atomic mass is 32.1. The second kappa shape index (κ2) is 8.93. The first-order valence-electron chi connectivity index (χ1n) is 9.44. The standard InChI is InChI=1S/C23H19N3O4S/c1-29-18-10-5-11-19-20(18)25-23(31-19)26(14-15-7-6-12-24-13-15)21(27)16-8-3-4-9-17(16)22(28)30-2/h3-13H,14H2,1-2H3. The van der Waals surface area contributed by atoms with Gasteiger partial charge >= 0.3 is 5.97 Å². The van der Waals surface area contributed by atoms with Gasteiger partial charge in [-0.1, -0.05) is 35.6 Å². The Morgan fingerprint density at radius 2 is 1.81 bits per heavy atom. The summed E-state index contributed by atoms with van der Waals surface area (Å²) in [5.41, 5.74) is 1.95. The average molecular weight is 433 g/mol. The highest BCUT2D eigenvalue weighted by Crippen LogP contribution is 2.35. The summed E-state index contributed by atoms with van der Waals surface area (Å²) in [6, 6.07) is 15.9. The Bertz CT molecular complexity index is 1240. The van der Waals surface area contributed by atoms with Crippen molar-refractivity contribution in [3.05, 3.63) is 83.7 Å². The third kappa shape index (κ3) is 4.10. The first-order chi connectivity index (χ1) is 15.1. The fourth-order valence-electron chi connectivity index (χ4n) is 3.20. The zero-order valence-electron chi connectivity index (χ0n) is 16.9. The van der Waals surface area contributed by atoms with Crippen LogP contribution in [-0.4, -0.2) is 36.1 Å². The molecule has 0 unspecified atom stereocenters. The molecule has 7 nitrogen and oxygen atoms in total. The number of pyridine rings is 1. The Morgan fingerprint density at radius 3 is 2.52 bits per heavy atom. The van der Waals surface area contributed by atoms with Crippen LogP contribution < -0.4 is 9.64 Å². The molecule has 0 aliphatic heterocycles. The Kier molecular flexibility index (Phi) is 5.90. The van der Waals surface area contributed by atoms with Crippen LogP contribution in [0.25, 0.3) is 10.2 Å². The van der Waals surface area contributed by atoms with E-state index in [0.717, 1.165) is 10.3 Å². The fourth-order valence-corrected chi connectivity index (χ4v) is 4.18. The second-order valence-electron chi connectivity index (χ2n) is 6.59. The van der Waals surface area contributed by atoms with Crippen molar-refractivity contribution in [2.75, 3.05) is 19.1 Å². The van der Waals surface area contributed by atoms with Gasteiger partial charge in [-0.05, 0) is 35.9 Å². The van der Waals surface area contributed by atoms with Gasteiger partial charge in [0.25, 0.3) is 5.91 Å². The quantitative estimate of drug-likeness (QED) is 0.421. The lowest BCUT2D eigenvalue weighted by atomic mass is 10.1. The first kappa shape index (κ1) is 20.5. The number of fused-ring (bicyclic) bond motifs is 1. The Balaban J connectivity index is 1.83. The number of hydrogen-bond acceptors (Lipinski definition) is 7. The maximum Gasteiger partial charge on any atom is 0.338 e. The minimum atomic E-state index is -0.573. The summed E-state index contributed by atoms with van der Waals surface area (Å²) in [6.07, 6.45) is 3.37. The number of nitrogens with zero attached hydrogens (tertiary/aromatic N) is 3. The van der Waals surface area contributed by atoms with Crippen LogP contribution in [0.15, 0.2) is 67.0 Å². The summed E-state index contributed by atoms with van der Waals surface area (Å²) in [4.78, 5) is 36.3. The summed E-state index contributed by atoms with van der Waals surface area (Å²) in [7, 11) is 2.87. The van der Waals surface area contributed by atoms with E-state index in [9.17, 15) is 9.59 Å². The van der Waals surface area contributed by atoms with Crippen LogP contribution >= 0.6 is 11.3 Å². The van der Waals surface area contributed by atoms with Gasteiger partial charge in [-0.3, -0.25) is 14.7 Å². The van der Waals surface area contributed by atoms with Gasteiger partial charge in [0.2, 0.25) is 0 Å². The smallest absolute Gasteiger partial charge is 0.338 e. The summed E-state index contributed by atoms with van der Waals surface area (Å²) >= 11 is 1.37. The Morgan fingerprint density at radius 1 is 1.00 bits per heavy atom. The zero-order chi connectivity index (χ0) is 21.8. The van der Waals surface area contributed by atoms with Crippen LogP contribution in [0.3, 0.4) is 0 Å². The van der Waals surface area contributed by atoms with Crippen LogP contribution in [0.4, 0.5) is 5.13 Å². The van der Waals surface area contributed by atoms with Gasteiger partial charge in [0, 0.05) is 12.4 Å². The number of methoxy groups -OCH3 is 2. The van der Waals surface area contributed by atoms with E-state index in [1.807, 2.05) is 30.3 Å². The fraction of sp³-hybridized carbons (Fsp3) is 0.130. The Hall–Kier alpha value is -3.78. The second-order valence-corrected chi connectivity index (χ2v) is 7.60. The molecule has 0 bridgehead atoms. The molecule has 0 aliphatic rings. The largest absolute Gasteiger partial charge is 0.494 e. The van der Waals surface area contributed by atoms with Crippen molar-refractivity contribution in [3.63, 3.8) is 0 Å². The number of para-hydroxylation sites is 1. The molecule has 1 amide bonds. The number of carbonyl (C=O) groups excluding carboxylic acids is 2. The van der Waals surface area contributed by atoms with E-state index in [-0.39, 0.29) is 23.6 Å². The molecular weight excluding hydrogens is 414 g/mol. The van der Waals surface area contributed by atoms with E-state index in [0.29, 0.717) is 16.4 Å². The van der Waals surface area contributed by atoms with E-state index < -0.39 is 5.97 Å². The van der Waals surface area contributed by atoms with Gasteiger partial charge in [-0.25, -0.2) is 9.78 Å². The number of esters is 1. The normalized spacial score (nSPS) is 10.6. The number of carbonyl (C=O) groups is 2. The van der Waals surface area contributed by atoms with Gasteiger partial charge in [0.15, 0.2) is 5.13 Å². The first-order valence-corrected chi connectivity index (χ1v) is 10.3. The monoisotopic (exact) mass is 433 g/mol. The van der Waals surface area contributed by atoms with Gasteiger partial charge in [-0.15, -0.1) is 0 Å². The maximum atomic E-state index is 13.7. The summed E-state index contributed by atoms with van der Waals surface area (Å²) in [6.45, 7) is 0.240. The van der Waals surface area contributed by atoms with Gasteiger partial charge < -0.3 is 9.47 Å². The summed E-state index contributed by atoms with van der Waals surface area (Å²) in [5, 5.41) is 0.494. The molecule has 31 heavy (non-hydrogen) atoms. The lowest BCUT2D eigenvalue weighted by molar-refractivity contribution is 0.0597. The molecular formula is C23H19N3O4S. The number of thiazole rings is 1. The van der Waals surface area contributed by atoms with Crippen LogP contribution in [-0.2, 0) is 11.3 Å². The summed E-state index contributed by atoms with van der Waals surface area (Å²) in [5.74, 6) is -0.303. The molecule has 156 valence electrons. The van der Waals surface area contributed by atoms with Gasteiger partial charge in [0.05, 0.1) is 36.6 Å². The van der Waals surface area contributed by atoms with Gasteiger partial charge in [0.1, 0.15) is 11.3 Å². The van der Waals surface area contributed by atoms with E-state index in [4.69, 9.17) is 9.47 Å². The van der Waals surface area contributed by atoms with Crippen molar-refractivity contribution in [1.82, 2.24) is 9.97 Å². The molecule has 0 spiro atoms. The molecule has 2 aromatic heterocycles. The van der Waals surface area contributed by atoms with Crippen LogP contribution in [0.1, 0.15) is 26.3 Å². The minimum absolute atomic E-state index is 0.199. The van der Waals surface area contributed by atoms with E-state index in [2.05, 4.69) is 9.97 Å². The Labute approximate surface area is 182 Å². The molecule has 0 N–H and O–H groups in total. The molecule has 4 rings (SSSR count). The number of hydrogen-bond donors (Lipinski definition) is 0. The van der Waals surface area contributed by atoms with Crippen molar-refractivity contribution in [2.45, 2.75) is 6.54 Å². The van der Waals surface area contributed by atoms with Crippen molar-refractivity contribution < 1.29 is 19.1 Å². The predicted molar refractivity (Wildman–Crippen MR) is 119 cm³/mol. The molecule has 4 aromatic rings. The highest BCUT2D eigenvalue weighted by molar-refractivity contribution is 7.22. The predicted octanol–water partition coefficient (Wildman–Crippen LogP) is 4.33. The number of ether oxygens (including phenoxy) is 2. The van der Waals surface area contributed by atoms with E-state index >= 15 is 0 Å². The van der Waals surface area contributed by atoms with Crippen LogP contribution in [0, 0.1) is 0 Å². The lowest BCUT2D eigenvalue weighted by Crippen LogP contribution is -2.31. The molecule has 0 aliphatic carbocycles. The highest BCUT2D eigenvalue weighted by Gasteiger charge is 2.26. The molecule has 0 saturated heterocycles. The number of anilines is 1. The molecule has 8 heteroatoms. The molecule has 0 saturated carbocycles. The van der Waals surface area contributed by atoms with Crippen LogP contribution in [0.2, 0.25) is 0 Å². The number of rotatable bonds is 6. The van der Waals surface area contributed by atoms with Crippen LogP contribution in [0.5, 0.6) is 5.75 Å². The third-order valence-corrected chi connectivity index (χ3v) is 5.74. The van der Waals surface area contributed by atoms with Gasteiger partial charge in [-0.2, -0.15) is 0 Å². The third-order valence-electron chi connectivity index (χ3n) is 4.69. The molecule has 0 fully saturated rings. The average Bonchev–Trinajstić information content (AvgIpc) is 3.26. The topological polar surface area (TPSA) is 81.6 Å². The summed E-state index contributed by atoms with van der Waals surface area (Å²) < 4.78 is 11.2. The number of benzene rings is 2. The number of aromatic nitrogens is 2. The molecule has 2 aromatic carbocycles. The van der Waals surface area contributed by atoms with Crippen molar-refractivity contribution in [2.24, 2.45) is 0 Å². The minimum Gasteiger partial charge on any atom is -0.494 e. The molecule has 2 heterocycles. The van der Waals surface area contributed by atoms with Crippen molar-refractivity contribution in [1.29, 1.82) is 0 Å². The van der Waals surface area contributed by atoms with Crippen molar-refractivity contribution >= 4 is 38.6 Å². The van der Waals surface area contributed by atoms with Crippen molar-refractivity contribution in [3.8, 4) is 5.75 Å². The number of amides is 1.